The SMILES string of the molecule is COC(=O)c1ccc(C(=O)OC)c(NC(=O)[C@@H](C)Oc2cccc3ccccc23)c1. The van der Waals surface area contributed by atoms with Crippen LogP contribution < -0.4 is 10.1 Å². The summed E-state index contributed by atoms with van der Waals surface area (Å²) in [5.74, 6) is -1.17. The molecule has 0 unspecified atom stereocenters. The molecule has 0 fully saturated rings. The van der Waals surface area contributed by atoms with Crippen molar-refractivity contribution in [3.63, 3.8) is 0 Å². The van der Waals surface area contributed by atoms with Gasteiger partial charge >= 0.3 is 11.9 Å². The molecule has 3 aromatic carbocycles. The number of rotatable bonds is 6. The Bertz CT molecular complexity index is 1100. The number of carbonyl (C=O) groups excluding carboxylic acids is 3. The third-order valence-electron chi connectivity index (χ3n) is 4.53. The molecule has 0 spiro atoms. The maximum atomic E-state index is 12.8. The molecule has 154 valence electrons. The molecule has 0 aromatic heterocycles. The number of amides is 1. The smallest absolute Gasteiger partial charge is 0.339 e. The summed E-state index contributed by atoms with van der Waals surface area (Å²) in [6.07, 6.45) is -0.872. The Morgan fingerprint density at radius 3 is 2.30 bits per heavy atom. The quantitative estimate of drug-likeness (QED) is 0.625. The van der Waals surface area contributed by atoms with Crippen LogP contribution in [0, 0.1) is 0 Å². The van der Waals surface area contributed by atoms with Gasteiger partial charge in [0.15, 0.2) is 6.10 Å². The Kier molecular flexibility index (Phi) is 6.32. The van der Waals surface area contributed by atoms with Gasteiger partial charge in [-0.2, -0.15) is 0 Å². The standard InChI is InChI=1S/C23H21NO6/c1-14(30-20-10-6-8-15-7-4-5-9-17(15)20)21(25)24-19-13-16(22(26)28-2)11-12-18(19)23(27)29-3/h4-14H,1-3H3,(H,24,25)/t14-/m1/s1. The first-order valence-electron chi connectivity index (χ1n) is 9.20. The number of benzene rings is 3. The topological polar surface area (TPSA) is 90.9 Å². The molecule has 3 aromatic rings. The average Bonchev–Trinajstić information content (AvgIpc) is 2.78. The van der Waals surface area contributed by atoms with Gasteiger partial charge in [0.25, 0.3) is 5.91 Å². The molecule has 0 radical (unpaired) electrons. The molecule has 0 saturated heterocycles. The summed E-state index contributed by atoms with van der Waals surface area (Å²) in [6.45, 7) is 1.60. The van der Waals surface area contributed by atoms with E-state index in [1.54, 1.807) is 13.0 Å². The summed E-state index contributed by atoms with van der Waals surface area (Å²) >= 11 is 0. The van der Waals surface area contributed by atoms with Gasteiger partial charge in [0.1, 0.15) is 5.75 Å². The zero-order chi connectivity index (χ0) is 21.7. The third-order valence-corrected chi connectivity index (χ3v) is 4.53. The van der Waals surface area contributed by atoms with Crippen molar-refractivity contribution in [2.75, 3.05) is 19.5 Å². The molecule has 7 heteroatoms. The zero-order valence-corrected chi connectivity index (χ0v) is 16.8. The molecule has 7 nitrogen and oxygen atoms in total. The van der Waals surface area contributed by atoms with Crippen LogP contribution in [-0.4, -0.2) is 38.2 Å². The van der Waals surface area contributed by atoms with Gasteiger partial charge in [0, 0.05) is 5.39 Å². The molecule has 30 heavy (non-hydrogen) atoms. The molecule has 1 N–H and O–H groups in total. The molecule has 1 amide bonds. The van der Waals surface area contributed by atoms with Crippen molar-refractivity contribution >= 4 is 34.3 Å². The average molecular weight is 407 g/mol. The Balaban J connectivity index is 1.85. The molecule has 0 bridgehead atoms. The second-order valence-electron chi connectivity index (χ2n) is 6.47. The highest BCUT2D eigenvalue weighted by Crippen LogP contribution is 2.26. The minimum atomic E-state index is -0.872. The summed E-state index contributed by atoms with van der Waals surface area (Å²) < 4.78 is 15.3. The van der Waals surface area contributed by atoms with Crippen molar-refractivity contribution in [1.82, 2.24) is 0 Å². The number of methoxy groups -OCH3 is 2. The van der Waals surface area contributed by atoms with E-state index in [1.165, 1.54) is 32.4 Å². The van der Waals surface area contributed by atoms with Crippen LogP contribution in [0.15, 0.2) is 60.7 Å². The fourth-order valence-corrected chi connectivity index (χ4v) is 2.96. The number of hydrogen-bond donors (Lipinski definition) is 1. The molecule has 1 atom stereocenters. The minimum absolute atomic E-state index is 0.107. The van der Waals surface area contributed by atoms with Gasteiger partial charge in [-0.3, -0.25) is 4.79 Å². The first-order chi connectivity index (χ1) is 14.4. The largest absolute Gasteiger partial charge is 0.480 e. The zero-order valence-electron chi connectivity index (χ0n) is 16.8. The van der Waals surface area contributed by atoms with E-state index in [2.05, 4.69) is 5.32 Å². The highest BCUT2D eigenvalue weighted by molar-refractivity contribution is 6.04. The van der Waals surface area contributed by atoms with Crippen LogP contribution in [0.3, 0.4) is 0 Å². The maximum absolute atomic E-state index is 12.8. The normalized spacial score (nSPS) is 11.4. The van der Waals surface area contributed by atoms with Gasteiger partial charge in [-0.05, 0) is 36.6 Å². The Hall–Kier alpha value is -3.87. The Labute approximate surface area is 173 Å². The van der Waals surface area contributed by atoms with Gasteiger partial charge in [-0.15, -0.1) is 0 Å². The van der Waals surface area contributed by atoms with Gasteiger partial charge in [0.05, 0.1) is 31.0 Å². The predicted octanol–water partition coefficient (Wildman–Crippen LogP) is 3.82. The van der Waals surface area contributed by atoms with Crippen LogP contribution in [0.2, 0.25) is 0 Å². The number of hydrogen-bond acceptors (Lipinski definition) is 6. The molecular weight excluding hydrogens is 386 g/mol. The van der Waals surface area contributed by atoms with Gasteiger partial charge in [0.2, 0.25) is 0 Å². The third kappa shape index (κ3) is 4.41. The van der Waals surface area contributed by atoms with E-state index in [9.17, 15) is 14.4 Å². The molecule has 0 heterocycles. The molecular formula is C23H21NO6. The molecule has 0 aliphatic carbocycles. The lowest BCUT2D eigenvalue weighted by Crippen LogP contribution is -2.31. The van der Waals surface area contributed by atoms with E-state index in [4.69, 9.17) is 14.2 Å². The number of fused-ring (bicyclic) bond motifs is 1. The van der Waals surface area contributed by atoms with Crippen molar-refractivity contribution < 1.29 is 28.6 Å². The van der Waals surface area contributed by atoms with E-state index >= 15 is 0 Å². The van der Waals surface area contributed by atoms with Crippen molar-refractivity contribution in [2.24, 2.45) is 0 Å². The molecule has 3 rings (SSSR count). The van der Waals surface area contributed by atoms with E-state index in [0.29, 0.717) is 5.75 Å². The lowest BCUT2D eigenvalue weighted by molar-refractivity contribution is -0.122. The Morgan fingerprint density at radius 2 is 1.57 bits per heavy atom. The summed E-state index contributed by atoms with van der Waals surface area (Å²) in [5, 5.41) is 4.51. The van der Waals surface area contributed by atoms with Crippen LogP contribution in [0.1, 0.15) is 27.6 Å². The lowest BCUT2D eigenvalue weighted by Gasteiger charge is -2.17. The number of ether oxygens (including phenoxy) is 3. The highest BCUT2D eigenvalue weighted by Gasteiger charge is 2.21. The molecule has 0 aliphatic heterocycles. The minimum Gasteiger partial charge on any atom is -0.480 e. The number of nitrogens with one attached hydrogen (secondary N) is 1. The summed E-state index contributed by atoms with van der Waals surface area (Å²) in [5.41, 5.74) is 0.419. The van der Waals surface area contributed by atoms with Gasteiger partial charge < -0.3 is 19.5 Å². The van der Waals surface area contributed by atoms with Crippen LogP contribution in [-0.2, 0) is 14.3 Å². The lowest BCUT2D eigenvalue weighted by atomic mass is 10.1. The fraction of sp³-hybridized carbons (Fsp3) is 0.174. The predicted molar refractivity (Wildman–Crippen MR) is 112 cm³/mol. The maximum Gasteiger partial charge on any atom is 0.339 e. The Morgan fingerprint density at radius 1 is 0.867 bits per heavy atom. The number of anilines is 1. The first-order valence-corrected chi connectivity index (χ1v) is 9.20. The van der Waals surface area contributed by atoms with Crippen LogP contribution in [0.25, 0.3) is 10.8 Å². The monoisotopic (exact) mass is 407 g/mol. The first kappa shape index (κ1) is 20.9. The van der Waals surface area contributed by atoms with E-state index in [-0.39, 0.29) is 16.8 Å². The van der Waals surface area contributed by atoms with Crippen LogP contribution in [0.4, 0.5) is 5.69 Å². The van der Waals surface area contributed by atoms with Gasteiger partial charge in [-0.25, -0.2) is 9.59 Å². The van der Waals surface area contributed by atoms with E-state index in [1.807, 2.05) is 36.4 Å². The van der Waals surface area contributed by atoms with E-state index in [0.717, 1.165) is 10.8 Å². The molecule has 0 aliphatic rings. The fourth-order valence-electron chi connectivity index (χ4n) is 2.96. The van der Waals surface area contributed by atoms with Crippen molar-refractivity contribution in [2.45, 2.75) is 13.0 Å². The second kappa shape index (κ2) is 9.09. The van der Waals surface area contributed by atoms with Crippen molar-refractivity contribution in [3.8, 4) is 5.75 Å². The van der Waals surface area contributed by atoms with Crippen LogP contribution in [0.5, 0.6) is 5.75 Å². The van der Waals surface area contributed by atoms with Gasteiger partial charge in [-0.1, -0.05) is 36.4 Å². The van der Waals surface area contributed by atoms with Crippen molar-refractivity contribution in [3.05, 3.63) is 71.8 Å². The van der Waals surface area contributed by atoms with Crippen molar-refractivity contribution in [1.29, 1.82) is 0 Å². The summed E-state index contributed by atoms with van der Waals surface area (Å²) in [6, 6.07) is 17.4. The van der Waals surface area contributed by atoms with E-state index < -0.39 is 23.9 Å². The summed E-state index contributed by atoms with van der Waals surface area (Å²) in [7, 11) is 2.48. The number of esters is 2. The highest BCUT2D eigenvalue weighted by atomic mass is 16.5. The summed E-state index contributed by atoms with van der Waals surface area (Å²) in [4.78, 5) is 36.6. The second-order valence-corrected chi connectivity index (χ2v) is 6.47. The van der Waals surface area contributed by atoms with Crippen LogP contribution >= 0.6 is 0 Å². The molecule has 0 saturated carbocycles. The number of carbonyl (C=O) groups is 3.